The summed E-state index contributed by atoms with van der Waals surface area (Å²) in [5, 5.41) is 7.47. The van der Waals surface area contributed by atoms with Crippen molar-refractivity contribution in [3.05, 3.63) is 150 Å². The molecule has 0 bridgehead atoms. The van der Waals surface area contributed by atoms with Crippen LogP contribution in [0.5, 0.6) is 0 Å². The van der Waals surface area contributed by atoms with Crippen LogP contribution in [0.3, 0.4) is 0 Å². The summed E-state index contributed by atoms with van der Waals surface area (Å²) >= 11 is 0. The molecule has 192 valence electrons. The van der Waals surface area contributed by atoms with Crippen molar-refractivity contribution in [1.82, 2.24) is 9.38 Å². The van der Waals surface area contributed by atoms with E-state index < -0.39 is 0 Å². The van der Waals surface area contributed by atoms with Gasteiger partial charge in [0.05, 0.1) is 16.7 Å². The highest BCUT2D eigenvalue weighted by molar-refractivity contribution is 6.25. The van der Waals surface area contributed by atoms with Crippen molar-refractivity contribution in [3.63, 3.8) is 0 Å². The lowest BCUT2D eigenvalue weighted by atomic mass is 9.84. The first-order chi connectivity index (χ1) is 20.3. The number of hydrogen-bond donors (Lipinski definition) is 0. The molecule has 2 heteroatoms. The van der Waals surface area contributed by atoms with Gasteiger partial charge in [0.2, 0.25) is 0 Å². The largest absolute Gasteiger partial charge is 0.291 e. The summed E-state index contributed by atoms with van der Waals surface area (Å²) in [4.78, 5) is 5.44. The third kappa shape index (κ3) is 3.28. The molecule has 9 rings (SSSR count). The topological polar surface area (TPSA) is 17.3 Å². The highest BCUT2D eigenvalue weighted by Gasteiger charge is 2.25. The highest BCUT2D eigenvalue weighted by atomic mass is 15.0. The zero-order valence-electron chi connectivity index (χ0n) is 22.5. The second-order valence-corrected chi connectivity index (χ2v) is 11.1. The molecule has 0 aliphatic heterocycles. The van der Waals surface area contributed by atoms with Gasteiger partial charge in [-0.1, -0.05) is 127 Å². The lowest BCUT2D eigenvalue weighted by Gasteiger charge is -2.24. The van der Waals surface area contributed by atoms with Gasteiger partial charge in [0.1, 0.15) is 5.65 Å². The number of aromatic nitrogens is 2. The van der Waals surface area contributed by atoms with Crippen LogP contribution < -0.4 is 0 Å². The fourth-order valence-electron chi connectivity index (χ4n) is 7.01. The lowest BCUT2D eigenvalue weighted by Crippen LogP contribution is -2.10. The molecule has 2 heterocycles. The molecule has 0 saturated carbocycles. The summed E-state index contributed by atoms with van der Waals surface area (Å²) in [7, 11) is 0. The molecule has 2 aromatic heterocycles. The Morgan fingerprint density at radius 2 is 1.22 bits per heavy atom. The second-order valence-electron chi connectivity index (χ2n) is 11.1. The zero-order valence-corrected chi connectivity index (χ0v) is 22.5. The summed E-state index contributed by atoms with van der Waals surface area (Å²) in [5.74, 6) is 0.331. The monoisotopic (exact) mass is 522 g/mol. The van der Waals surface area contributed by atoms with Gasteiger partial charge in [-0.15, -0.1) is 0 Å². The van der Waals surface area contributed by atoms with Crippen LogP contribution >= 0.6 is 0 Å². The average Bonchev–Trinajstić information content (AvgIpc) is 3.47. The quantitative estimate of drug-likeness (QED) is 0.207. The molecule has 0 amide bonds. The normalized spacial score (nSPS) is 14.9. The first-order valence-electron chi connectivity index (χ1n) is 14.3. The van der Waals surface area contributed by atoms with E-state index in [4.69, 9.17) is 4.98 Å². The minimum atomic E-state index is 0.331. The lowest BCUT2D eigenvalue weighted by molar-refractivity contribution is 0.823. The SMILES string of the molecule is C1=CC(c2ccccc2)Cc2c1n1c(nc3c4ccccc4c4ccccc4c31)c1ccc(-c3ccccc3)cc21. The number of pyridine rings is 1. The van der Waals surface area contributed by atoms with Crippen LogP contribution in [0.15, 0.2) is 133 Å². The average molecular weight is 523 g/mol. The number of nitrogens with zero attached hydrogens (tertiary/aromatic N) is 2. The Labute approximate surface area is 237 Å². The Hall–Kier alpha value is -5.21. The molecule has 41 heavy (non-hydrogen) atoms. The van der Waals surface area contributed by atoms with Gasteiger partial charge in [0, 0.05) is 22.1 Å². The van der Waals surface area contributed by atoms with Gasteiger partial charge >= 0.3 is 0 Å². The van der Waals surface area contributed by atoms with E-state index in [0.29, 0.717) is 5.92 Å². The van der Waals surface area contributed by atoms with Crippen LogP contribution in [0.1, 0.15) is 22.7 Å². The van der Waals surface area contributed by atoms with Crippen LogP contribution in [-0.2, 0) is 6.42 Å². The van der Waals surface area contributed by atoms with Crippen molar-refractivity contribution < 1.29 is 0 Å². The number of fused-ring (bicyclic) bond motifs is 13. The molecular weight excluding hydrogens is 496 g/mol. The molecule has 0 spiro atoms. The Bertz CT molecular complexity index is 2330. The van der Waals surface area contributed by atoms with E-state index in [1.54, 1.807) is 0 Å². The van der Waals surface area contributed by atoms with E-state index in [1.807, 2.05) is 0 Å². The molecule has 0 fully saturated rings. The minimum Gasteiger partial charge on any atom is -0.291 e. The summed E-state index contributed by atoms with van der Waals surface area (Å²) in [6.45, 7) is 0. The third-order valence-corrected chi connectivity index (χ3v) is 8.91. The highest BCUT2D eigenvalue weighted by Crippen LogP contribution is 2.42. The molecule has 1 aliphatic carbocycles. The molecule has 8 aromatic rings. The Balaban J connectivity index is 1.45. The number of allylic oxidation sites excluding steroid dienone is 1. The fourth-order valence-corrected chi connectivity index (χ4v) is 7.01. The molecule has 1 unspecified atom stereocenters. The van der Waals surface area contributed by atoms with Gasteiger partial charge in [-0.25, -0.2) is 4.98 Å². The smallest absolute Gasteiger partial charge is 0.146 e. The fraction of sp³-hybridized carbons (Fsp3) is 0.0513. The molecule has 1 atom stereocenters. The predicted octanol–water partition coefficient (Wildman–Crippen LogP) is 9.97. The van der Waals surface area contributed by atoms with Crippen molar-refractivity contribution in [2.75, 3.05) is 0 Å². The van der Waals surface area contributed by atoms with E-state index in [2.05, 4.69) is 144 Å². The van der Waals surface area contributed by atoms with Gasteiger partial charge in [0.15, 0.2) is 0 Å². The molecular formula is C39H26N2. The van der Waals surface area contributed by atoms with Crippen molar-refractivity contribution in [1.29, 1.82) is 0 Å². The van der Waals surface area contributed by atoms with Crippen LogP contribution in [0, 0.1) is 0 Å². The zero-order chi connectivity index (χ0) is 26.9. The van der Waals surface area contributed by atoms with Crippen molar-refractivity contribution in [2.45, 2.75) is 12.3 Å². The van der Waals surface area contributed by atoms with E-state index >= 15 is 0 Å². The molecule has 0 saturated heterocycles. The first-order valence-corrected chi connectivity index (χ1v) is 14.3. The van der Waals surface area contributed by atoms with Crippen LogP contribution in [0.4, 0.5) is 0 Å². The Morgan fingerprint density at radius 1 is 0.561 bits per heavy atom. The van der Waals surface area contributed by atoms with Crippen molar-refractivity contribution in [2.24, 2.45) is 0 Å². The predicted molar refractivity (Wildman–Crippen MR) is 173 cm³/mol. The maximum Gasteiger partial charge on any atom is 0.146 e. The number of rotatable bonds is 2. The summed E-state index contributed by atoms with van der Waals surface area (Å²) in [5.41, 5.74) is 9.75. The van der Waals surface area contributed by atoms with Gasteiger partial charge in [0.25, 0.3) is 0 Å². The van der Waals surface area contributed by atoms with Gasteiger partial charge in [-0.2, -0.15) is 0 Å². The van der Waals surface area contributed by atoms with Gasteiger partial charge in [-0.3, -0.25) is 4.40 Å². The third-order valence-electron chi connectivity index (χ3n) is 8.91. The van der Waals surface area contributed by atoms with Crippen molar-refractivity contribution in [3.8, 4) is 11.1 Å². The van der Waals surface area contributed by atoms with Crippen molar-refractivity contribution >= 4 is 55.1 Å². The molecule has 2 nitrogen and oxygen atoms in total. The second kappa shape index (κ2) is 8.64. The number of benzene rings is 6. The maximum atomic E-state index is 5.44. The first kappa shape index (κ1) is 22.6. The molecule has 1 aliphatic rings. The molecule has 6 aromatic carbocycles. The molecule has 0 N–H and O–H groups in total. The van der Waals surface area contributed by atoms with Gasteiger partial charge in [-0.05, 0) is 57.0 Å². The van der Waals surface area contributed by atoms with Crippen LogP contribution in [0.2, 0.25) is 0 Å². The van der Waals surface area contributed by atoms with E-state index in [0.717, 1.165) is 17.6 Å². The Kier molecular flexibility index (Phi) is 4.76. The van der Waals surface area contributed by atoms with E-state index in [9.17, 15) is 0 Å². The maximum absolute atomic E-state index is 5.44. The van der Waals surface area contributed by atoms with Gasteiger partial charge < -0.3 is 0 Å². The summed E-state index contributed by atoms with van der Waals surface area (Å²) < 4.78 is 2.45. The number of imidazole rings is 1. The molecule has 0 radical (unpaired) electrons. The summed E-state index contributed by atoms with van der Waals surface area (Å²) in [6.07, 6.45) is 5.69. The van der Waals surface area contributed by atoms with E-state index in [-0.39, 0.29) is 0 Å². The summed E-state index contributed by atoms with van der Waals surface area (Å²) in [6, 6.07) is 46.0. The number of hydrogen-bond acceptors (Lipinski definition) is 1. The Morgan fingerprint density at radius 3 is 2.00 bits per heavy atom. The van der Waals surface area contributed by atoms with E-state index in [1.165, 1.54) is 65.8 Å². The van der Waals surface area contributed by atoms with Crippen LogP contribution in [0.25, 0.3) is 66.2 Å². The standard InChI is InChI=1S/C39H26N2/c1-3-11-25(12-4-1)27-19-21-33-34(23-27)35-24-28(26-13-5-2-6-14-26)20-22-36(35)41-38-32-18-10-8-16-30(32)29-15-7-9-17-31(29)37(38)40-39(33)41/h1-23,28H,24H2. The minimum absolute atomic E-state index is 0.331. The van der Waals surface area contributed by atoms with Crippen LogP contribution in [-0.4, -0.2) is 9.38 Å².